The lowest BCUT2D eigenvalue weighted by Crippen LogP contribution is -2.45. The summed E-state index contributed by atoms with van der Waals surface area (Å²) in [4.78, 5) is 12.5. The largest absolute Gasteiger partial charge is 0.353 e. The van der Waals surface area contributed by atoms with Crippen LogP contribution in [0.1, 0.15) is 70.6 Å². The second kappa shape index (κ2) is 8.28. The van der Waals surface area contributed by atoms with Crippen molar-refractivity contribution in [2.75, 3.05) is 5.33 Å². The van der Waals surface area contributed by atoms with Gasteiger partial charge in [0.1, 0.15) is 0 Å². The van der Waals surface area contributed by atoms with Crippen LogP contribution in [0.3, 0.4) is 0 Å². The van der Waals surface area contributed by atoms with Gasteiger partial charge in [-0.1, -0.05) is 60.9 Å². The molecule has 19 heavy (non-hydrogen) atoms. The van der Waals surface area contributed by atoms with Gasteiger partial charge in [-0.25, -0.2) is 0 Å². The summed E-state index contributed by atoms with van der Waals surface area (Å²) in [5.74, 6) is 1.28. The summed E-state index contributed by atoms with van der Waals surface area (Å²) in [6, 6.07) is 0.422. The topological polar surface area (TPSA) is 29.1 Å². The van der Waals surface area contributed by atoms with Gasteiger partial charge in [0.25, 0.3) is 0 Å². The maximum atomic E-state index is 12.5. The summed E-state index contributed by atoms with van der Waals surface area (Å²) in [6.07, 6.45) is 13.7. The first-order valence-corrected chi connectivity index (χ1v) is 9.29. The molecule has 2 saturated carbocycles. The summed E-state index contributed by atoms with van der Waals surface area (Å²) < 4.78 is 0. The number of alkyl halides is 1. The average molecular weight is 330 g/mol. The Bertz CT molecular complexity index is 274. The van der Waals surface area contributed by atoms with E-state index in [0.717, 1.165) is 18.2 Å². The van der Waals surface area contributed by atoms with Crippen LogP contribution in [0.2, 0.25) is 0 Å². The number of hydrogen-bond donors (Lipinski definition) is 1. The molecule has 0 saturated heterocycles. The zero-order valence-corrected chi connectivity index (χ0v) is 13.6. The van der Waals surface area contributed by atoms with Crippen molar-refractivity contribution < 1.29 is 4.79 Å². The molecule has 2 unspecified atom stereocenters. The quantitative estimate of drug-likeness (QED) is 0.763. The van der Waals surface area contributed by atoms with E-state index in [1.807, 2.05) is 0 Å². The number of hydrogen-bond acceptors (Lipinski definition) is 1. The summed E-state index contributed by atoms with van der Waals surface area (Å²) >= 11 is 3.61. The zero-order valence-electron chi connectivity index (χ0n) is 12.0. The minimum Gasteiger partial charge on any atom is -0.353 e. The first-order valence-electron chi connectivity index (χ1n) is 8.17. The van der Waals surface area contributed by atoms with Crippen LogP contribution in [0.4, 0.5) is 0 Å². The third-order valence-corrected chi connectivity index (χ3v) is 5.74. The lowest BCUT2D eigenvalue weighted by atomic mass is 9.84. The number of halogens is 1. The van der Waals surface area contributed by atoms with Crippen molar-refractivity contribution in [3.05, 3.63) is 0 Å². The maximum Gasteiger partial charge on any atom is 0.223 e. The fourth-order valence-corrected chi connectivity index (χ4v) is 4.38. The summed E-state index contributed by atoms with van der Waals surface area (Å²) in [7, 11) is 0. The molecule has 0 heterocycles. The molecule has 0 bridgehead atoms. The third kappa shape index (κ3) is 4.77. The van der Waals surface area contributed by atoms with Gasteiger partial charge >= 0.3 is 0 Å². The molecule has 110 valence electrons. The molecule has 3 heteroatoms. The van der Waals surface area contributed by atoms with Gasteiger partial charge in [0.05, 0.1) is 0 Å². The molecule has 2 fully saturated rings. The lowest BCUT2D eigenvalue weighted by Gasteiger charge is -2.32. The molecule has 2 rings (SSSR count). The standard InChI is InChI=1S/C16H28BrNO/c17-12-14-10-6-7-11-15(14)18-16(19)13-8-4-2-1-3-5-9-13/h13-15H,1-12H2,(H,18,19). The van der Waals surface area contributed by atoms with Crippen molar-refractivity contribution in [2.45, 2.75) is 76.7 Å². The maximum absolute atomic E-state index is 12.5. The van der Waals surface area contributed by atoms with Gasteiger partial charge in [-0.3, -0.25) is 4.79 Å². The lowest BCUT2D eigenvalue weighted by molar-refractivity contribution is -0.126. The molecule has 0 aromatic heterocycles. The highest BCUT2D eigenvalue weighted by atomic mass is 79.9. The van der Waals surface area contributed by atoms with Crippen LogP contribution < -0.4 is 5.32 Å². The smallest absolute Gasteiger partial charge is 0.223 e. The predicted molar refractivity (Wildman–Crippen MR) is 83.5 cm³/mol. The highest BCUT2D eigenvalue weighted by molar-refractivity contribution is 9.09. The first-order chi connectivity index (χ1) is 9.31. The van der Waals surface area contributed by atoms with E-state index in [-0.39, 0.29) is 0 Å². The van der Waals surface area contributed by atoms with Crippen molar-refractivity contribution >= 4 is 21.8 Å². The Morgan fingerprint density at radius 1 is 0.895 bits per heavy atom. The van der Waals surface area contributed by atoms with E-state index in [1.165, 1.54) is 57.8 Å². The fraction of sp³-hybridized carbons (Fsp3) is 0.938. The summed E-state index contributed by atoms with van der Waals surface area (Å²) in [5.41, 5.74) is 0. The van der Waals surface area contributed by atoms with Gasteiger partial charge < -0.3 is 5.32 Å². The number of nitrogens with one attached hydrogen (secondary N) is 1. The molecule has 0 aromatic rings. The van der Waals surface area contributed by atoms with Crippen LogP contribution in [-0.2, 0) is 4.79 Å². The molecular formula is C16H28BrNO. The highest BCUT2D eigenvalue weighted by Crippen LogP contribution is 2.27. The Morgan fingerprint density at radius 2 is 1.47 bits per heavy atom. The van der Waals surface area contributed by atoms with Crippen molar-refractivity contribution in [1.29, 1.82) is 0 Å². The van der Waals surface area contributed by atoms with Crippen molar-refractivity contribution in [3.63, 3.8) is 0 Å². The molecule has 2 aliphatic rings. The molecule has 1 N–H and O–H groups in total. The van der Waals surface area contributed by atoms with Gasteiger partial charge in [-0.15, -0.1) is 0 Å². The van der Waals surface area contributed by atoms with Crippen molar-refractivity contribution in [2.24, 2.45) is 11.8 Å². The predicted octanol–water partition coefficient (Wildman–Crippen LogP) is 4.42. The SMILES string of the molecule is O=C(NC1CCCCC1CBr)C1CCCCCCC1. The van der Waals surface area contributed by atoms with E-state index in [4.69, 9.17) is 0 Å². The van der Waals surface area contributed by atoms with E-state index in [2.05, 4.69) is 21.2 Å². The molecule has 0 aromatic carbocycles. The number of rotatable bonds is 3. The van der Waals surface area contributed by atoms with Gasteiger partial charge in [-0.2, -0.15) is 0 Å². The number of amides is 1. The molecule has 0 spiro atoms. The van der Waals surface area contributed by atoms with E-state index >= 15 is 0 Å². The zero-order chi connectivity index (χ0) is 13.5. The molecular weight excluding hydrogens is 302 g/mol. The Morgan fingerprint density at radius 3 is 2.16 bits per heavy atom. The molecule has 1 amide bonds. The molecule has 2 aliphatic carbocycles. The molecule has 2 nitrogen and oxygen atoms in total. The molecule has 0 radical (unpaired) electrons. The minimum atomic E-state index is 0.290. The highest BCUT2D eigenvalue weighted by Gasteiger charge is 2.28. The van der Waals surface area contributed by atoms with Crippen LogP contribution in [0, 0.1) is 11.8 Å². The van der Waals surface area contributed by atoms with Crippen LogP contribution >= 0.6 is 15.9 Å². The Balaban J connectivity index is 1.83. The van der Waals surface area contributed by atoms with Crippen LogP contribution in [0.15, 0.2) is 0 Å². The van der Waals surface area contributed by atoms with Gasteiger partial charge in [0.2, 0.25) is 5.91 Å². The Kier molecular flexibility index (Phi) is 6.69. The van der Waals surface area contributed by atoms with Gasteiger partial charge in [-0.05, 0) is 31.6 Å². The summed E-state index contributed by atoms with van der Waals surface area (Å²) in [6.45, 7) is 0. The van der Waals surface area contributed by atoms with Crippen LogP contribution in [0.25, 0.3) is 0 Å². The van der Waals surface area contributed by atoms with E-state index in [9.17, 15) is 4.79 Å². The Hall–Kier alpha value is -0.0500. The average Bonchev–Trinajstić information content (AvgIpc) is 2.38. The minimum absolute atomic E-state index is 0.290. The number of carbonyl (C=O) groups is 1. The van der Waals surface area contributed by atoms with Crippen LogP contribution in [-0.4, -0.2) is 17.3 Å². The van der Waals surface area contributed by atoms with E-state index < -0.39 is 0 Å². The number of carbonyl (C=O) groups excluding carboxylic acids is 1. The summed E-state index contributed by atoms with van der Waals surface area (Å²) in [5, 5.41) is 4.40. The second-order valence-electron chi connectivity index (χ2n) is 6.36. The van der Waals surface area contributed by atoms with E-state index in [1.54, 1.807) is 0 Å². The first kappa shape index (κ1) is 15.3. The third-order valence-electron chi connectivity index (χ3n) is 4.91. The monoisotopic (exact) mass is 329 g/mol. The second-order valence-corrected chi connectivity index (χ2v) is 7.00. The van der Waals surface area contributed by atoms with Gasteiger partial charge in [0.15, 0.2) is 0 Å². The van der Waals surface area contributed by atoms with Crippen LogP contribution in [0.5, 0.6) is 0 Å². The molecule has 2 atom stereocenters. The Labute approximate surface area is 126 Å². The molecule has 0 aliphatic heterocycles. The van der Waals surface area contributed by atoms with E-state index in [0.29, 0.717) is 23.8 Å². The van der Waals surface area contributed by atoms with Crippen molar-refractivity contribution in [3.8, 4) is 0 Å². The normalized spacial score (nSPS) is 30.4. The fourth-order valence-electron chi connectivity index (χ4n) is 3.60. The van der Waals surface area contributed by atoms with Crippen molar-refractivity contribution in [1.82, 2.24) is 5.32 Å². The van der Waals surface area contributed by atoms with Gasteiger partial charge in [0, 0.05) is 17.3 Å².